The van der Waals surface area contributed by atoms with Crippen LogP contribution in [0.1, 0.15) is 48.9 Å². The maximum atomic E-state index is 12.5. The number of nitrogens with zero attached hydrogens (tertiary/aromatic N) is 1. The highest BCUT2D eigenvalue weighted by Crippen LogP contribution is 2.33. The molecule has 21 heavy (non-hydrogen) atoms. The SMILES string of the molecule is COc1ccc(C(=O)N2CCCC2)cc1OC1CCCC1. The molecule has 0 spiro atoms. The van der Waals surface area contributed by atoms with Crippen molar-refractivity contribution in [2.24, 2.45) is 0 Å². The van der Waals surface area contributed by atoms with Crippen LogP contribution in [0.25, 0.3) is 0 Å². The Kier molecular flexibility index (Phi) is 4.32. The molecule has 2 aliphatic rings. The zero-order chi connectivity index (χ0) is 14.7. The van der Waals surface area contributed by atoms with Gasteiger partial charge in [-0.2, -0.15) is 0 Å². The Balaban J connectivity index is 1.79. The summed E-state index contributed by atoms with van der Waals surface area (Å²) >= 11 is 0. The molecule has 1 saturated carbocycles. The summed E-state index contributed by atoms with van der Waals surface area (Å²) < 4.78 is 11.4. The van der Waals surface area contributed by atoms with Gasteiger partial charge in [-0.25, -0.2) is 0 Å². The van der Waals surface area contributed by atoms with Crippen LogP contribution in [0.5, 0.6) is 11.5 Å². The van der Waals surface area contributed by atoms with Crippen LogP contribution in [-0.2, 0) is 0 Å². The van der Waals surface area contributed by atoms with Crippen molar-refractivity contribution in [2.45, 2.75) is 44.6 Å². The first-order chi connectivity index (χ1) is 10.3. The van der Waals surface area contributed by atoms with Crippen molar-refractivity contribution in [1.29, 1.82) is 0 Å². The number of hydrogen-bond donors (Lipinski definition) is 0. The van der Waals surface area contributed by atoms with Crippen molar-refractivity contribution < 1.29 is 14.3 Å². The fourth-order valence-electron chi connectivity index (χ4n) is 3.19. The zero-order valence-electron chi connectivity index (χ0n) is 12.6. The predicted octanol–water partition coefficient (Wildman–Crippen LogP) is 3.25. The predicted molar refractivity (Wildman–Crippen MR) is 81.0 cm³/mol. The monoisotopic (exact) mass is 289 g/mol. The molecule has 1 amide bonds. The number of likely N-dealkylation sites (tertiary alicyclic amines) is 1. The summed E-state index contributed by atoms with van der Waals surface area (Å²) in [7, 11) is 1.64. The smallest absolute Gasteiger partial charge is 0.253 e. The molecule has 1 saturated heterocycles. The molecular weight excluding hydrogens is 266 g/mol. The molecule has 2 fully saturated rings. The van der Waals surface area contributed by atoms with E-state index in [1.165, 1.54) is 12.8 Å². The first-order valence-corrected chi connectivity index (χ1v) is 7.92. The average Bonchev–Trinajstić information content (AvgIpc) is 3.19. The van der Waals surface area contributed by atoms with Gasteiger partial charge in [-0.05, 0) is 56.7 Å². The Morgan fingerprint density at radius 3 is 2.48 bits per heavy atom. The molecule has 1 aliphatic carbocycles. The fourth-order valence-corrected chi connectivity index (χ4v) is 3.19. The lowest BCUT2D eigenvalue weighted by atomic mass is 10.1. The van der Waals surface area contributed by atoms with E-state index in [0.29, 0.717) is 17.1 Å². The minimum absolute atomic E-state index is 0.103. The molecule has 4 nitrogen and oxygen atoms in total. The summed E-state index contributed by atoms with van der Waals surface area (Å²) in [6.45, 7) is 1.73. The van der Waals surface area contributed by atoms with E-state index in [0.717, 1.165) is 38.8 Å². The van der Waals surface area contributed by atoms with Gasteiger partial charge in [0.05, 0.1) is 13.2 Å². The molecule has 0 aromatic heterocycles. The molecule has 0 N–H and O–H groups in total. The molecular formula is C17H23NO3. The Hall–Kier alpha value is -1.71. The highest BCUT2D eigenvalue weighted by molar-refractivity contribution is 5.95. The summed E-state index contributed by atoms with van der Waals surface area (Å²) in [5.41, 5.74) is 0.700. The third-order valence-corrected chi connectivity index (χ3v) is 4.40. The maximum absolute atomic E-state index is 12.5. The number of rotatable bonds is 4. The molecule has 0 radical (unpaired) electrons. The van der Waals surface area contributed by atoms with Gasteiger partial charge in [0.25, 0.3) is 5.91 Å². The van der Waals surface area contributed by atoms with E-state index in [4.69, 9.17) is 9.47 Å². The van der Waals surface area contributed by atoms with Gasteiger partial charge >= 0.3 is 0 Å². The Labute approximate surface area is 126 Å². The van der Waals surface area contributed by atoms with Crippen molar-refractivity contribution in [1.82, 2.24) is 4.90 Å². The molecule has 1 heterocycles. The summed E-state index contributed by atoms with van der Waals surface area (Å²) in [6.07, 6.45) is 7.09. The first-order valence-electron chi connectivity index (χ1n) is 7.92. The van der Waals surface area contributed by atoms with Crippen molar-refractivity contribution in [2.75, 3.05) is 20.2 Å². The molecule has 0 bridgehead atoms. The Bertz CT molecular complexity index is 503. The summed E-state index contributed by atoms with van der Waals surface area (Å²) in [5.74, 6) is 1.51. The van der Waals surface area contributed by atoms with Gasteiger partial charge < -0.3 is 14.4 Å². The van der Waals surface area contributed by atoms with Crippen LogP contribution < -0.4 is 9.47 Å². The third kappa shape index (κ3) is 3.14. The quantitative estimate of drug-likeness (QED) is 0.854. The van der Waals surface area contributed by atoms with Gasteiger partial charge in [0.1, 0.15) is 0 Å². The van der Waals surface area contributed by atoms with Crippen LogP contribution in [-0.4, -0.2) is 37.1 Å². The van der Waals surface area contributed by atoms with Crippen molar-refractivity contribution in [3.8, 4) is 11.5 Å². The number of ether oxygens (including phenoxy) is 2. The van der Waals surface area contributed by atoms with Crippen LogP contribution in [0.2, 0.25) is 0 Å². The largest absolute Gasteiger partial charge is 0.493 e. The lowest BCUT2D eigenvalue weighted by Gasteiger charge is -2.19. The van der Waals surface area contributed by atoms with Crippen molar-refractivity contribution in [3.63, 3.8) is 0 Å². The Morgan fingerprint density at radius 1 is 1.10 bits per heavy atom. The van der Waals surface area contributed by atoms with Gasteiger partial charge in [0, 0.05) is 18.7 Å². The highest BCUT2D eigenvalue weighted by Gasteiger charge is 2.22. The zero-order valence-corrected chi connectivity index (χ0v) is 12.6. The minimum Gasteiger partial charge on any atom is -0.493 e. The topological polar surface area (TPSA) is 38.8 Å². The van der Waals surface area contributed by atoms with Gasteiger partial charge in [0.15, 0.2) is 11.5 Å². The number of carbonyl (C=O) groups is 1. The second-order valence-corrected chi connectivity index (χ2v) is 5.89. The van der Waals surface area contributed by atoms with E-state index in [1.54, 1.807) is 7.11 Å². The van der Waals surface area contributed by atoms with Gasteiger partial charge in [0.2, 0.25) is 0 Å². The van der Waals surface area contributed by atoms with Gasteiger partial charge in [-0.15, -0.1) is 0 Å². The number of benzene rings is 1. The maximum Gasteiger partial charge on any atom is 0.253 e. The molecule has 114 valence electrons. The first kappa shape index (κ1) is 14.2. The lowest BCUT2D eigenvalue weighted by molar-refractivity contribution is 0.0792. The van der Waals surface area contributed by atoms with E-state index >= 15 is 0 Å². The van der Waals surface area contributed by atoms with Crippen molar-refractivity contribution >= 4 is 5.91 Å². The molecule has 1 aromatic rings. The van der Waals surface area contributed by atoms with E-state index in [9.17, 15) is 4.79 Å². The summed E-state index contributed by atoms with van der Waals surface area (Å²) in [4.78, 5) is 14.4. The van der Waals surface area contributed by atoms with Crippen molar-refractivity contribution in [3.05, 3.63) is 23.8 Å². The van der Waals surface area contributed by atoms with E-state index < -0.39 is 0 Å². The van der Waals surface area contributed by atoms with Crippen LogP contribution in [0.3, 0.4) is 0 Å². The Morgan fingerprint density at radius 2 is 1.81 bits per heavy atom. The van der Waals surface area contributed by atoms with Crippen LogP contribution in [0.15, 0.2) is 18.2 Å². The number of carbonyl (C=O) groups excluding carboxylic acids is 1. The molecule has 3 rings (SSSR count). The number of amides is 1. The highest BCUT2D eigenvalue weighted by atomic mass is 16.5. The molecule has 1 aliphatic heterocycles. The fraction of sp³-hybridized carbons (Fsp3) is 0.588. The lowest BCUT2D eigenvalue weighted by Crippen LogP contribution is -2.27. The standard InChI is InChI=1S/C17H23NO3/c1-20-15-9-8-13(17(19)18-10-4-5-11-18)12-16(15)21-14-6-2-3-7-14/h8-9,12,14H,2-7,10-11H2,1H3. The summed E-state index contributed by atoms with van der Waals surface area (Å²) in [5, 5.41) is 0. The van der Waals surface area contributed by atoms with Gasteiger partial charge in [-0.3, -0.25) is 4.79 Å². The second-order valence-electron chi connectivity index (χ2n) is 5.89. The second kappa shape index (κ2) is 6.37. The number of hydrogen-bond acceptors (Lipinski definition) is 3. The molecule has 0 unspecified atom stereocenters. The van der Waals surface area contributed by atoms with Crippen LogP contribution in [0.4, 0.5) is 0 Å². The third-order valence-electron chi connectivity index (χ3n) is 4.40. The van der Waals surface area contributed by atoms with E-state index in [-0.39, 0.29) is 12.0 Å². The van der Waals surface area contributed by atoms with Crippen LogP contribution in [0, 0.1) is 0 Å². The van der Waals surface area contributed by atoms with E-state index in [2.05, 4.69) is 0 Å². The molecule has 0 atom stereocenters. The van der Waals surface area contributed by atoms with Crippen LogP contribution >= 0.6 is 0 Å². The molecule has 1 aromatic carbocycles. The molecule has 4 heteroatoms. The van der Waals surface area contributed by atoms with Gasteiger partial charge in [-0.1, -0.05) is 0 Å². The average molecular weight is 289 g/mol. The normalized spacial score (nSPS) is 19.0. The summed E-state index contributed by atoms with van der Waals surface area (Å²) in [6, 6.07) is 5.52. The minimum atomic E-state index is 0.103. The van der Waals surface area contributed by atoms with E-state index in [1.807, 2.05) is 23.1 Å². The number of methoxy groups -OCH3 is 1.